The van der Waals surface area contributed by atoms with E-state index in [0.717, 1.165) is 29.0 Å². The van der Waals surface area contributed by atoms with Crippen molar-refractivity contribution in [2.24, 2.45) is 0 Å². The second-order valence-electron chi connectivity index (χ2n) is 3.56. The van der Waals surface area contributed by atoms with Crippen LogP contribution in [0.5, 0.6) is 0 Å². The molecule has 0 spiro atoms. The molecule has 0 saturated heterocycles. The van der Waals surface area contributed by atoms with Crippen molar-refractivity contribution in [1.29, 1.82) is 0 Å². The highest BCUT2D eigenvalue weighted by atomic mass is 32.1. The number of thiol groups is 1. The number of fused-ring (bicyclic) bond motifs is 1. The summed E-state index contributed by atoms with van der Waals surface area (Å²) < 4.78 is 0. The molecule has 1 heterocycles. The Balaban J connectivity index is 2.16. The SMILES string of the molecule is O=C1Cc2cc(C=CCCS)ccc2N1. The third-order valence-electron chi connectivity index (χ3n) is 2.36. The number of benzene rings is 1. The average Bonchev–Trinajstić information content (AvgIpc) is 2.57. The van der Waals surface area contributed by atoms with Crippen LogP contribution in [0.25, 0.3) is 6.08 Å². The van der Waals surface area contributed by atoms with Crippen molar-refractivity contribution in [1.82, 2.24) is 0 Å². The molecule has 0 aromatic heterocycles. The molecule has 0 unspecified atom stereocenters. The van der Waals surface area contributed by atoms with Crippen molar-refractivity contribution in [3.63, 3.8) is 0 Å². The van der Waals surface area contributed by atoms with Crippen LogP contribution in [0.2, 0.25) is 0 Å². The van der Waals surface area contributed by atoms with E-state index in [-0.39, 0.29) is 5.91 Å². The van der Waals surface area contributed by atoms with Gasteiger partial charge in [0.15, 0.2) is 0 Å². The van der Waals surface area contributed by atoms with E-state index in [9.17, 15) is 4.79 Å². The molecule has 0 fully saturated rings. The summed E-state index contributed by atoms with van der Waals surface area (Å²) in [6.45, 7) is 0. The van der Waals surface area contributed by atoms with E-state index in [0.29, 0.717) is 6.42 Å². The van der Waals surface area contributed by atoms with Crippen LogP contribution in [-0.4, -0.2) is 11.7 Å². The molecule has 1 aromatic rings. The molecule has 1 aliphatic heterocycles. The Morgan fingerprint density at radius 1 is 1.47 bits per heavy atom. The van der Waals surface area contributed by atoms with Gasteiger partial charge >= 0.3 is 0 Å². The van der Waals surface area contributed by atoms with Crippen LogP contribution in [0.1, 0.15) is 17.5 Å². The lowest BCUT2D eigenvalue weighted by molar-refractivity contribution is -0.115. The highest BCUT2D eigenvalue weighted by Crippen LogP contribution is 2.24. The first-order chi connectivity index (χ1) is 7.29. The maximum atomic E-state index is 11.1. The lowest BCUT2D eigenvalue weighted by Gasteiger charge is -1.99. The van der Waals surface area contributed by atoms with E-state index in [1.807, 2.05) is 12.1 Å². The first kappa shape index (κ1) is 10.3. The summed E-state index contributed by atoms with van der Waals surface area (Å²) in [6.07, 6.45) is 5.64. The summed E-state index contributed by atoms with van der Waals surface area (Å²) in [6, 6.07) is 6.03. The predicted molar refractivity (Wildman–Crippen MR) is 66.3 cm³/mol. The topological polar surface area (TPSA) is 29.1 Å². The average molecular weight is 219 g/mol. The van der Waals surface area contributed by atoms with Gasteiger partial charge in [0, 0.05) is 5.69 Å². The molecule has 2 rings (SSSR count). The van der Waals surface area contributed by atoms with Gasteiger partial charge in [-0.3, -0.25) is 4.79 Å². The molecule has 2 nitrogen and oxygen atoms in total. The number of nitrogens with one attached hydrogen (secondary N) is 1. The number of hydrogen-bond donors (Lipinski definition) is 2. The summed E-state index contributed by atoms with van der Waals surface area (Å²) in [5.74, 6) is 0.947. The van der Waals surface area contributed by atoms with Crippen molar-refractivity contribution in [2.45, 2.75) is 12.8 Å². The zero-order valence-corrected chi connectivity index (χ0v) is 9.26. The van der Waals surface area contributed by atoms with E-state index in [1.54, 1.807) is 0 Å². The molecule has 1 aromatic carbocycles. The third kappa shape index (κ3) is 2.42. The Bertz CT molecular complexity index is 412. The van der Waals surface area contributed by atoms with Crippen LogP contribution in [0, 0.1) is 0 Å². The van der Waals surface area contributed by atoms with Gasteiger partial charge in [0.25, 0.3) is 0 Å². The minimum atomic E-state index is 0.0847. The maximum absolute atomic E-state index is 11.1. The number of allylic oxidation sites excluding steroid dienone is 1. The van der Waals surface area contributed by atoms with Crippen LogP contribution in [0.4, 0.5) is 5.69 Å². The molecular formula is C12H13NOS. The fraction of sp³-hybridized carbons (Fsp3) is 0.250. The summed E-state index contributed by atoms with van der Waals surface area (Å²) >= 11 is 4.14. The number of rotatable bonds is 3. The first-order valence-corrected chi connectivity index (χ1v) is 5.63. The van der Waals surface area contributed by atoms with E-state index < -0.39 is 0 Å². The normalized spacial score (nSPS) is 14.3. The number of amides is 1. The van der Waals surface area contributed by atoms with Gasteiger partial charge in [-0.1, -0.05) is 18.2 Å². The second-order valence-corrected chi connectivity index (χ2v) is 4.00. The van der Waals surface area contributed by atoms with E-state index in [2.05, 4.69) is 36.2 Å². The molecule has 0 saturated carbocycles. The van der Waals surface area contributed by atoms with Crippen molar-refractivity contribution in [2.75, 3.05) is 11.1 Å². The molecule has 78 valence electrons. The Labute approximate surface area is 94.8 Å². The number of anilines is 1. The molecule has 1 amide bonds. The fourth-order valence-electron chi connectivity index (χ4n) is 1.65. The zero-order valence-electron chi connectivity index (χ0n) is 8.36. The highest BCUT2D eigenvalue weighted by Gasteiger charge is 2.16. The first-order valence-electron chi connectivity index (χ1n) is 5.00. The quantitative estimate of drug-likeness (QED) is 0.751. The number of carbonyl (C=O) groups is 1. The van der Waals surface area contributed by atoms with E-state index in [1.165, 1.54) is 0 Å². The summed E-state index contributed by atoms with van der Waals surface area (Å²) in [5.41, 5.74) is 3.19. The third-order valence-corrected chi connectivity index (χ3v) is 2.62. The number of hydrogen-bond acceptors (Lipinski definition) is 2. The largest absolute Gasteiger partial charge is 0.326 e. The Morgan fingerprint density at radius 2 is 2.33 bits per heavy atom. The van der Waals surface area contributed by atoms with Gasteiger partial charge < -0.3 is 5.32 Å². The smallest absolute Gasteiger partial charge is 0.228 e. The van der Waals surface area contributed by atoms with Gasteiger partial charge in [-0.2, -0.15) is 12.6 Å². The molecule has 0 bridgehead atoms. The molecule has 0 atom stereocenters. The van der Waals surface area contributed by atoms with Crippen LogP contribution in [-0.2, 0) is 11.2 Å². The summed E-state index contributed by atoms with van der Waals surface area (Å²) in [4.78, 5) is 11.1. The van der Waals surface area contributed by atoms with Crippen LogP contribution in [0.15, 0.2) is 24.3 Å². The minimum absolute atomic E-state index is 0.0847. The molecule has 3 heteroatoms. The van der Waals surface area contributed by atoms with Crippen LogP contribution >= 0.6 is 12.6 Å². The van der Waals surface area contributed by atoms with Gasteiger partial charge in [0.05, 0.1) is 6.42 Å². The molecule has 0 aliphatic carbocycles. The van der Waals surface area contributed by atoms with E-state index in [4.69, 9.17) is 0 Å². The molecule has 1 aliphatic rings. The lowest BCUT2D eigenvalue weighted by Crippen LogP contribution is -2.03. The Morgan fingerprint density at radius 3 is 3.13 bits per heavy atom. The standard InChI is InChI=1S/C12H13NOS/c14-12-8-10-7-9(3-1-2-6-15)4-5-11(10)13-12/h1,3-5,7,15H,2,6,8H2,(H,13,14). The second kappa shape index (κ2) is 4.53. The van der Waals surface area contributed by atoms with Gasteiger partial charge in [-0.15, -0.1) is 0 Å². The van der Waals surface area contributed by atoms with Gasteiger partial charge in [-0.25, -0.2) is 0 Å². The molecule has 0 radical (unpaired) electrons. The van der Waals surface area contributed by atoms with Crippen LogP contribution < -0.4 is 5.32 Å². The molecule has 1 N–H and O–H groups in total. The fourth-order valence-corrected chi connectivity index (χ4v) is 1.80. The Hall–Kier alpha value is -1.22. The molecular weight excluding hydrogens is 206 g/mol. The van der Waals surface area contributed by atoms with Gasteiger partial charge in [0.2, 0.25) is 5.91 Å². The summed E-state index contributed by atoms with van der Waals surface area (Å²) in [7, 11) is 0. The summed E-state index contributed by atoms with van der Waals surface area (Å²) in [5, 5.41) is 2.82. The van der Waals surface area contributed by atoms with Crippen molar-refractivity contribution >= 4 is 30.3 Å². The predicted octanol–water partition coefficient (Wildman–Crippen LogP) is 2.51. The Kier molecular flexibility index (Phi) is 3.11. The lowest BCUT2D eigenvalue weighted by atomic mass is 10.1. The van der Waals surface area contributed by atoms with Crippen molar-refractivity contribution in [3.05, 3.63) is 35.4 Å². The van der Waals surface area contributed by atoms with Gasteiger partial charge in [-0.05, 0) is 35.4 Å². The minimum Gasteiger partial charge on any atom is -0.326 e. The van der Waals surface area contributed by atoms with E-state index >= 15 is 0 Å². The maximum Gasteiger partial charge on any atom is 0.228 e. The highest BCUT2D eigenvalue weighted by molar-refractivity contribution is 7.80. The monoisotopic (exact) mass is 219 g/mol. The van der Waals surface area contributed by atoms with Crippen molar-refractivity contribution in [3.8, 4) is 0 Å². The number of carbonyl (C=O) groups excluding carboxylic acids is 1. The van der Waals surface area contributed by atoms with Gasteiger partial charge in [0.1, 0.15) is 0 Å². The van der Waals surface area contributed by atoms with Crippen LogP contribution in [0.3, 0.4) is 0 Å². The zero-order chi connectivity index (χ0) is 10.7. The van der Waals surface area contributed by atoms with Crippen molar-refractivity contribution < 1.29 is 4.79 Å². The molecule has 15 heavy (non-hydrogen) atoms.